The second-order valence-corrected chi connectivity index (χ2v) is 3.05. The van der Waals surface area contributed by atoms with Crippen LogP contribution in [0.3, 0.4) is 0 Å². The molecule has 7 nitrogen and oxygen atoms in total. The zero-order chi connectivity index (χ0) is 9.80. The Balaban J connectivity index is 1.95. The van der Waals surface area contributed by atoms with Gasteiger partial charge in [-0.25, -0.2) is 4.68 Å². The lowest BCUT2D eigenvalue weighted by molar-refractivity contribution is -0.0950. The quantitative estimate of drug-likeness (QED) is 0.640. The van der Waals surface area contributed by atoms with Crippen molar-refractivity contribution in [3.63, 3.8) is 0 Å². The van der Waals surface area contributed by atoms with Crippen molar-refractivity contribution in [2.24, 2.45) is 5.73 Å². The van der Waals surface area contributed by atoms with Crippen LogP contribution in [-0.4, -0.2) is 46.1 Å². The fourth-order valence-electron chi connectivity index (χ4n) is 1.35. The van der Waals surface area contributed by atoms with Crippen LogP contribution in [0.2, 0.25) is 0 Å². The van der Waals surface area contributed by atoms with Crippen molar-refractivity contribution in [3.8, 4) is 0 Å². The standard InChI is InChI=1S/C7H13N5O2/c8-3-7-9-10-11-12(7)4-6-5-13-1-2-14-6/h6H,1-5,8H2. The van der Waals surface area contributed by atoms with E-state index in [2.05, 4.69) is 15.5 Å². The van der Waals surface area contributed by atoms with E-state index in [0.29, 0.717) is 38.7 Å². The molecule has 1 atom stereocenters. The van der Waals surface area contributed by atoms with Gasteiger partial charge in [0.25, 0.3) is 0 Å². The van der Waals surface area contributed by atoms with Gasteiger partial charge >= 0.3 is 0 Å². The summed E-state index contributed by atoms with van der Waals surface area (Å²) in [5, 5.41) is 11.1. The van der Waals surface area contributed by atoms with Gasteiger partial charge < -0.3 is 15.2 Å². The molecule has 1 unspecified atom stereocenters. The molecule has 1 aliphatic heterocycles. The van der Waals surface area contributed by atoms with Crippen LogP contribution in [0.25, 0.3) is 0 Å². The third-order valence-corrected chi connectivity index (χ3v) is 2.05. The van der Waals surface area contributed by atoms with Gasteiger partial charge in [-0.05, 0) is 10.4 Å². The lowest BCUT2D eigenvalue weighted by Gasteiger charge is -2.22. The Hall–Kier alpha value is -1.05. The maximum absolute atomic E-state index is 5.47. The predicted molar refractivity (Wildman–Crippen MR) is 46.3 cm³/mol. The van der Waals surface area contributed by atoms with Gasteiger partial charge in [0.1, 0.15) is 6.10 Å². The maximum atomic E-state index is 5.47. The van der Waals surface area contributed by atoms with E-state index in [1.165, 1.54) is 0 Å². The molecule has 0 radical (unpaired) electrons. The van der Waals surface area contributed by atoms with Gasteiger partial charge in [-0.15, -0.1) is 5.10 Å². The Bertz CT molecular complexity index is 283. The van der Waals surface area contributed by atoms with Crippen LogP contribution in [-0.2, 0) is 22.6 Å². The van der Waals surface area contributed by atoms with Crippen LogP contribution >= 0.6 is 0 Å². The van der Waals surface area contributed by atoms with Gasteiger partial charge in [-0.3, -0.25) is 0 Å². The topological polar surface area (TPSA) is 88.1 Å². The van der Waals surface area contributed by atoms with Gasteiger partial charge in [-0.2, -0.15) is 0 Å². The maximum Gasteiger partial charge on any atom is 0.164 e. The number of hydrogen-bond acceptors (Lipinski definition) is 6. The van der Waals surface area contributed by atoms with Gasteiger partial charge in [0.15, 0.2) is 5.82 Å². The summed E-state index contributed by atoms with van der Waals surface area (Å²) in [6, 6.07) is 0. The Morgan fingerprint density at radius 3 is 3.14 bits per heavy atom. The van der Waals surface area contributed by atoms with Gasteiger partial charge in [0.05, 0.1) is 32.9 Å². The molecule has 0 bridgehead atoms. The second kappa shape index (κ2) is 4.45. The summed E-state index contributed by atoms with van der Waals surface area (Å²) >= 11 is 0. The molecule has 0 aliphatic carbocycles. The Kier molecular flexibility index (Phi) is 3.02. The minimum Gasteiger partial charge on any atom is -0.376 e. The van der Waals surface area contributed by atoms with Crippen LogP contribution in [0.15, 0.2) is 0 Å². The van der Waals surface area contributed by atoms with Crippen LogP contribution in [0.4, 0.5) is 0 Å². The highest BCUT2D eigenvalue weighted by atomic mass is 16.6. The van der Waals surface area contributed by atoms with Gasteiger partial charge in [-0.1, -0.05) is 0 Å². The monoisotopic (exact) mass is 199 g/mol. The van der Waals surface area contributed by atoms with Crippen molar-refractivity contribution in [1.29, 1.82) is 0 Å². The molecule has 0 saturated carbocycles. The SMILES string of the molecule is NCc1nnnn1CC1COCCO1. The fourth-order valence-corrected chi connectivity index (χ4v) is 1.35. The third-order valence-electron chi connectivity index (χ3n) is 2.05. The highest BCUT2D eigenvalue weighted by molar-refractivity contribution is 4.79. The van der Waals surface area contributed by atoms with Crippen LogP contribution in [0, 0.1) is 0 Å². The van der Waals surface area contributed by atoms with Crippen LogP contribution in [0.1, 0.15) is 5.82 Å². The first-order valence-corrected chi connectivity index (χ1v) is 4.54. The van der Waals surface area contributed by atoms with E-state index in [4.69, 9.17) is 15.2 Å². The van der Waals surface area contributed by atoms with E-state index in [9.17, 15) is 0 Å². The van der Waals surface area contributed by atoms with Crippen molar-refractivity contribution in [3.05, 3.63) is 5.82 Å². The number of ether oxygens (including phenoxy) is 2. The molecule has 1 aromatic rings. The van der Waals surface area contributed by atoms with Crippen molar-refractivity contribution >= 4 is 0 Å². The molecule has 1 aromatic heterocycles. The van der Waals surface area contributed by atoms with Gasteiger partial charge in [0.2, 0.25) is 0 Å². The summed E-state index contributed by atoms with van der Waals surface area (Å²) in [6.07, 6.45) is 0.0255. The average Bonchev–Trinajstić information content (AvgIpc) is 2.67. The number of nitrogens with zero attached hydrogens (tertiary/aromatic N) is 4. The first-order valence-electron chi connectivity index (χ1n) is 4.54. The van der Waals surface area contributed by atoms with Crippen molar-refractivity contribution in [1.82, 2.24) is 20.2 Å². The molecule has 1 saturated heterocycles. The zero-order valence-corrected chi connectivity index (χ0v) is 7.80. The Labute approximate surface area is 81.2 Å². The molecule has 14 heavy (non-hydrogen) atoms. The molecular weight excluding hydrogens is 186 g/mol. The number of aromatic nitrogens is 4. The Morgan fingerprint density at radius 1 is 1.50 bits per heavy atom. The first kappa shape index (κ1) is 9.50. The third kappa shape index (κ3) is 2.06. The van der Waals surface area contributed by atoms with Gasteiger partial charge in [0, 0.05) is 0 Å². The molecule has 2 N–H and O–H groups in total. The minimum absolute atomic E-state index is 0.0255. The molecule has 0 spiro atoms. The average molecular weight is 199 g/mol. The summed E-state index contributed by atoms with van der Waals surface area (Å²) in [4.78, 5) is 0. The predicted octanol–water partition coefficient (Wildman–Crippen LogP) is -1.45. The highest BCUT2D eigenvalue weighted by Gasteiger charge is 2.17. The molecule has 1 aliphatic rings. The smallest absolute Gasteiger partial charge is 0.164 e. The summed E-state index contributed by atoms with van der Waals surface area (Å²) in [5.74, 6) is 0.666. The normalized spacial score (nSPS) is 22.5. The van der Waals surface area contributed by atoms with E-state index in [1.54, 1.807) is 4.68 Å². The zero-order valence-electron chi connectivity index (χ0n) is 7.80. The van der Waals surface area contributed by atoms with E-state index in [0.717, 1.165) is 0 Å². The molecule has 2 rings (SSSR count). The molecule has 2 heterocycles. The number of rotatable bonds is 3. The minimum atomic E-state index is 0.0255. The molecular formula is C7H13N5O2. The van der Waals surface area contributed by atoms with Crippen molar-refractivity contribution in [2.45, 2.75) is 19.2 Å². The number of tetrazole rings is 1. The summed E-state index contributed by atoms with van der Waals surface area (Å²) in [6.45, 7) is 2.81. The molecule has 78 valence electrons. The summed E-state index contributed by atoms with van der Waals surface area (Å²) < 4.78 is 12.4. The number of nitrogens with two attached hydrogens (primary N) is 1. The molecule has 0 aromatic carbocycles. The highest BCUT2D eigenvalue weighted by Crippen LogP contribution is 2.04. The molecule has 0 amide bonds. The largest absolute Gasteiger partial charge is 0.376 e. The van der Waals surface area contributed by atoms with Crippen LogP contribution in [0.5, 0.6) is 0 Å². The Morgan fingerprint density at radius 2 is 2.43 bits per heavy atom. The fraction of sp³-hybridized carbons (Fsp3) is 0.857. The van der Waals surface area contributed by atoms with Crippen molar-refractivity contribution in [2.75, 3.05) is 19.8 Å². The second-order valence-electron chi connectivity index (χ2n) is 3.05. The first-order chi connectivity index (χ1) is 6.90. The number of hydrogen-bond donors (Lipinski definition) is 1. The van der Waals surface area contributed by atoms with E-state index >= 15 is 0 Å². The lowest BCUT2D eigenvalue weighted by atomic mass is 10.3. The molecule has 1 fully saturated rings. The van der Waals surface area contributed by atoms with E-state index < -0.39 is 0 Å². The van der Waals surface area contributed by atoms with Crippen molar-refractivity contribution < 1.29 is 9.47 Å². The lowest BCUT2D eigenvalue weighted by Crippen LogP contribution is -2.33. The summed E-state index contributed by atoms with van der Waals surface area (Å²) in [5.41, 5.74) is 5.46. The molecule has 7 heteroatoms. The van der Waals surface area contributed by atoms with Crippen LogP contribution < -0.4 is 5.73 Å². The van der Waals surface area contributed by atoms with E-state index in [-0.39, 0.29) is 6.10 Å². The van der Waals surface area contributed by atoms with E-state index in [1.807, 2.05) is 0 Å². The summed E-state index contributed by atoms with van der Waals surface area (Å²) in [7, 11) is 0.